The summed E-state index contributed by atoms with van der Waals surface area (Å²) in [4.78, 5) is 23.4. The fraction of sp³-hybridized carbons (Fsp3) is 0.385. The molecule has 0 N–H and O–H groups in total. The standard InChI is InChI=1S/C13H15BrO4/c1-5-18-13(16)11(15)9-6-7(2)8(3)10(14)12(9)17-4/h6H,5H2,1-4H3. The number of esters is 1. The molecule has 0 spiro atoms. The van der Waals surface area contributed by atoms with Crippen LogP contribution in [-0.2, 0) is 9.53 Å². The summed E-state index contributed by atoms with van der Waals surface area (Å²) in [6.07, 6.45) is 0. The molecule has 0 radical (unpaired) electrons. The van der Waals surface area contributed by atoms with Crippen LogP contribution in [0.25, 0.3) is 0 Å². The number of rotatable bonds is 4. The van der Waals surface area contributed by atoms with Crippen LogP contribution >= 0.6 is 15.9 Å². The van der Waals surface area contributed by atoms with Crippen molar-refractivity contribution in [1.82, 2.24) is 0 Å². The Hall–Kier alpha value is -1.36. The zero-order valence-corrected chi connectivity index (χ0v) is 12.4. The molecule has 98 valence electrons. The van der Waals surface area contributed by atoms with Crippen LogP contribution in [0.3, 0.4) is 0 Å². The molecule has 5 heteroatoms. The van der Waals surface area contributed by atoms with Gasteiger partial charge in [0.1, 0.15) is 5.75 Å². The third-order valence-corrected chi connectivity index (χ3v) is 3.59. The van der Waals surface area contributed by atoms with E-state index in [4.69, 9.17) is 9.47 Å². The number of carbonyl (C=O) groups excluding carboxylic acids is 2. The Morgan fingerprint density at radius 2 is 1.94 bits per heavy atom. The molecule has 4 nitrogen and oxygen atoms in total. The third kappa shape index (κ3) is 2.72. The van der Waals surface area contributed by atoms with Gasteiger partial charge in [0.05, 0.1) is 23.8 Å². The van der Waals surface area contributed by atoms with Gasteiger partial charge in [-0.3, -0.25) is 4.79 Å². The maximum absolute atomic E-state index is 12.0. The first-order valence-corrected chi connectivity index (χ1v) is 6.28. The second-order valence-electron chi connectivity index (χ2n) is 3.76. The smallest absolute Gasteiger partial charge is 0.379 e. The van der Waals surface area contributed by atoms with Gasteiger partial charge in [-0.25, -0.2) is 4.79 Å². The van der Waals surface area contributed by atoms with E-state index in [2.05, 4.69) is 15.9 Å². The van der Waals surface area contributed by atoms with E-state index in [9.17, 15) is 9.59 Å². The Balaban J connectivity index is 3.32. The monoisotopic (exact) mass is 314 g/mol. The maximum Gasteiger partial charge on any atom is 0.379 e. The number of aryl methyl sites for hydroxylation is 1. The number of Topliss-reactive ketones (excluding diaryl/α,β-unsaturated/α-hetero) is 1. The number of benzene rings is 1. The predicted octanol–water partition coefficient (Wildman–Crippen LogP) is 2.82. The van der Waals surface area contributed by atoms with E-state index in [-0.39, 0.29) is 12.2 Å². The molecule has 0 amide bonds. The van der Waals surface area contributed by atoms with Crippen molar-refractivity contribution in [1.29, 1.82) is 0 Å². The van der Waals surface area contributed by atoms with Crippen molar-refractivity contribution in [2.75, 3.05) is 13.7 Å². The van der Waals surface area contributed by atoms with Crippen molar-refractivity contribution in [3.63, 3.8) is 0 Å². The SMILES string of the molecule is CCOC(=O)C(=O)c1cc(C)c(C)c(Br)c1OC. The summed E-state index contributed by atoms with van der Waals surface area (Å²) in [5.74, 6) is -1.21. The minimum Gasteiger partial charge on any atom is -0.495 e. The second kappa shape index (κ2) is 6.00. The van der Waals surface area contributed by atoms with Gasteiger partial charge in [-0.05, 0) is 53.9 Å². The van der Waals surface area contributed by atoms with Gasteiger partial charge >= 0.3 is 5.97 Å². The highest BCUT2D eigenvalue weighted by Crippen LogP contribution is 2.34. The average Bonchev–Trinajstić information content (AvgIpc) is 2.35. The van der Waals surface area contributed by atoms with Crippen LogP contribution in [0.4, 0.5) is 0 Å². The highest BCUT2D eigenvalue weighted by molar-refractivity contribution is 9.10. The number of ketones is 1. The van der Waals surface area contributed by atoms with Crippen molar-refractivity contribution < 1.29 is 19.1 Å². The highest BCUT2D eigenvalue weighted by Gasteiger charge is 2.24. The number of hydrogen-bond acceptors (Lipinski definition) is 4. The topological polar surface area (TPSA) is 52.6 Å². The second-order valence-corrected chi connectivity index (χ2v) is 4.56. The molecule has 0 heterocycles. The van der Waals surface area contributed by atoms with Crippen molar-refractivity contribution in [3.05, 3.63) is 27.2 Å². The quantitative estimate of drug-likeness (QED) is 0.487. The molecule has 18 heavy (non-hydrogen) atoms. The zero-order chi connectivity index (χ0) is 13.9. The first-order valence-electron chi connectivity index (χ1n) is 5.49. The first-order chi connectivity index (χ1) is 8.43. The molecule has 0 unspecified atom stereocenters. The van der Waals surface area contributed by atoms with E-state index in [1.165, 1.54) is 7.11 Å². The molecule has 0 aliphatic rings. The fourth-order valence-corrected chi connectivity index (χ4v) is 2.21. The van der Waals surface area contributed by atoms with E-state index in [0.29, 0.717) is 10.2 Å². The number of halogens is 1. The van der Waals surface area contributed by atoms with E-state index < -0.39 is 11.8 Å². The normalized spacial score (nSPS) is 10.1. The molecule has 1 aromatic rings. The molecule has 0 aromatic heterocycles. The Morgan fingerprint density at radius 3 is 2.44 bits per heavy atom. The van der Waals surface area contributed by atoms with Gasteiger partial charge in [-0.1, -0.05) is 0 Å². The predicted molar refractivity (Wildman–Crippen MR) is 71.1 cm³/mol. The van der Waals surface area contributed by atoms with Gasteiger partial charge in [-0.2, -0.15) is 0 Å². The van der Waals surface area contributed by atoms with E-state index in [1.807, 2.05) is 13.8 Å². The van der Waals surface area contributed by atoms with E-state index in [1.54, 1.807) is 13.0 Å². The van der Waals surface area contributed by atoms with Gasteiger partial charge in [0.25, 0.3) is 5.78 Å². The lowest BCUT2D eigenvalue weighted by Gasteiger charge is -2.13. The lowest BCUT2D eigenvalue weighted by Crippen LogP contribution is -2.18. The van der Waals surface area contributed by atoms with Crippen molar-refractivity contribution in [2.24, 2.45) is 0 Å². The van der Waals surface area contributed by atoms with E-state index >= 15 is 0 Å². The fourth-order valence-electron chi connectivity index (χ4n) is 1.53. The summed E-state index contributed by atoms with van der Waals surface area (Å²) >= 11 is 3.37. The van der Waals surface area contributed by atoms with Crippen LogP contribution in [0.1, 0.15) is 28.4 Å². The van der Waals surface area contributed by atoms with Gasteiger partial charge in [0, 0.05) is 0 Å². The number of ether oxygens (including phenoxy) is 2. The third-order valence-electron chi connectivity index (χ3n) is 2.64. The lowest BCUT2D eigenvalue weighted by molar-refractivity contribution is -0.137. The summed E-state index contributed by atoms with van der Waals surface area (Å²) in [5.41, 5.74) is 2.08. The molecule has 0 aliphatic carbocycles. The molecular weight excluding hydrogens is 300 g/mol. The zero-order valence-electron chi connectivity index (χ0n) is 10.8. The Labute approximate surface area is 114 Å². The summed E-state index contributed by atoms with van der Waals surface area (Å²) in [6.45, 7) is 5.58. The van der Waals surface area contributed by atoms with Gasteiger partial charge < -0.3 is 9.47 Å². The van der Waals surface area contributed by atoms with Gasteiger partial charge in [-0.15, -0.1) is 0 Å². The van der Waals surface area contributed by atoms with Crippen LogP contribution in [0.2, 0.25) is 0 Å². The van der Waals surface area contributed by atoms with Crippen LogP contribution in [0.15, 0.2) is 10.5 Å². The largest absolute Gasteiger partial charge is 0.495 e. The maximum atomic E-state index is 12.0. The molecule has 0 saturated carbocycles. The molecular formula is C13H15BrO4. The first kappa shape index (κ1) is 14.7. The van der Waals surface area contributed by atoms with Crippen LogP contribution in [0.5, 0.6) is 5.75 Å². The van der Waals surface area contributed by atoms with E-state index in [0.717, 1.165) is 11.1 Å². The molecule has 0 atom stereocenters. The summed E-state index contributed by atoms with van der Waals surface area (Å²) in [7, 11) is 1.46. The van der Waals surface area contributed by atoms with Crippen LogP contribution in [0, 0.1) is 13.8 Å². The molecule has 0 aliphatic heterocycles. The summed E-state index contributed by atoms with van der Waals surface area (Å²) < 4.78 is 10.6. The summed E-state index contributed by atoms with van der Waals surface area (Å²) in [5, 5.41) is 0. The number of hydrogen-bond donors (Lipinski definition) is 0. The average molecular weight is 315 g/mol. The van der Waals surface area contributed by atoms with Crippen molar-refractivity contribution in [3.8, 4) is 5.75 Å². The Bertz CT molecular complexity index is 494. The minimum atomic E-state index is -0.869. The number of methoxy groups -OCH3 is 1. The molecule has 0 fully saturated rings. The number of carbonyl (C=O) groups is 2. The van der Waals surface area contributed by atoms with Crippen molar-refractivity contribution >= 4 is 27.7 Å². The summed E-state index contributed by atoms with van der Waals surface area (Å²) in [6, 6.07) is 1.64. The Morgan fingerprint density at radius 1 is 1.33 bits per heavy atom. The minimum absolute atomic E-state index is 0.166. The van der Waals surface area contributed by atoms with Crippen LogP contribution in [-0.4, -0.2) is 25.5 Å². The molecule has 1 aromatic carbocycles. The van der Waals surface area contributed by atoms with Gasteiger partial charge in [0.2, 0.25) is 0 Å². The van der Waals surface area contributed by atoms with Crippen LogP contribution < -0.4 is 4.74 Å². The molecule has 0 saturated heterocycles. The molecule has 0 bridgehead atoms. The van der Waals surface area contributed by atoms with Crippen molar-refractivity contribution in [2.45, 2.75) is 20.8 Å². The Kier molecular flexibility index (Phi) is 4.90. The highest BCUT2D eigenvalue weighted by atomic mass is 79.9. The van der Waals surface area contributed by atoms with Gasteiger partial charge in [0.15, 0.2) is 0 Å². The molecule has 1 rings (SSSR count). The lowest BCUT2D eigenvalue weighted by atomic mass is 10.0.